The van der Waals surface area contributed by atoms with Gasteiger partial charge in [-0.05, 0) is 48.2 Å². The Morgan fingerprint density at radius 2 is 2.00 bits per heavy atom. The maximum atomic E-state index is 12.5. The summed E-state index contributed by atoms with van der Waals surface area (Å²) in [5.41, 5.74) is 8.95. The molecule has 3 aromatic rings. The van der Waals surface area contributed by atoms with Crippen LogP contribution in [0.5, 0.6) is 0 Å². The summed E-state index contributed by atoms with van der Waals surface area (Å²) in [6.07, 6.45) is 2.19. The third-order valence-electron chi connectivity index (χ3n) is 5.32. The zero-order valence-corrected chi connectivity index (χ0v) is 17.2. The van der Waals surface area contributed by atoms with E-state index in [1.54, 1.807) is 42.6 Å². The standard InChI is InChI=1S/C23H23N5O4/c24-23(32)18-11-12-28(27-18)19-4-2-1-3-17(19)26-22(31)10-8-20(29)15-5-7-16-14(13-15)6-9-21(30)25-16/h1-5,7,11-13,20,29H,6,8-10H2,(H2,24,32)(H,25,30)(H,26,31)/t20-/m0/s1. The van der Waals surface area contributed by atoms with E-state index in [0.717, 1.165) is 11.3 Å². The molecule has 9 nitrogen and oxygen atoms in total. The zero-order chi connectivity index (χ0) is 22.7. The average Bonchev–Trinajstić information content (AvgIpc) is 3.28. The van der Waals surface area contributed by atoms with Crippen LogP contribution in [0.4, 0.5) is 11.4 Å². The number of fused-ring (bicyclic) bond motifs is 1. The molecule has 0 radical (unpaired) electrons. The topological polar surface area (TPSA) is 139 Å². The average molecular weight is 433 g/mol. The predicted octanol–water partition coefficient (Wildman–Crippen LogP) is 2.31. The van der Waals surface area contributed by atoms with Crippen molar-refractivity contribution < 1.29 is 19.5 Å². The van der Waals surface area contributed by atoms with Crippen LogP contribution in [0.2, 0.25) is 0 Å². The monoisotopic (exact) mass is 433 g/mol. The minimum Gasteiger partial charge on any atom is -0.388 e. The summed E-state index contributed by atoms with van der Waals surface area (Å²) in [5.74, 6) is -0.906. The fourth-order valence-corrected chi connectivity index (χ4v) is 3.63. The number of benzene rings is 2. The molecule has 0 unspecified atom stereocenters. The van der Waals surface area contributed by atoms with E-state index in [-0.39, 0.29) is 30.3 Å². The highest BCUT2D eigenvalue weighted by Crippen LogP contribution is 2.28. The van der Waals surface area contributed by atoms with Gasteiger partial charge in [0.15, 0.2) is 0 Å². The molecule has 1 atom stereocenters. The third-order valence-corrected chi connectivity index (χ3v) is 5.32. The molecule has 0 saturated heterocycles. The molecular weight excluding hydrogens is 410 g/mol. The van der Waals surface area contributed by atoms with Crippen LogP contribution in [-0.2, 0) is 16.0 Å². The van der Waals surface area contributed by atoms with Gasteiger partial charge in [0, 0.05) is 24.7 Å². The maximum Gasteiger partial charge on any atom is 0.269 e. The second-order valence-corrected chi connectivity index (χ2v) is 7.59. The van der Waals surface area contributed by atoms with Crippen LogP contribution in [0, 0.1) is 0 Å². The molecule has 1 aromatic heterocycles. The Bertz CT molecular complexity index is 1190. The molecule has 0 aliphatic carbocycles. The summed E-state index contributed by atoms with van der Waals surface area (Å²) in [4.78, 5) is 35.3. The SMILES string of the molecule is NC(=O)c1ccn(-c2ccccc2NC(=O)CC[C@H](O)c2ccc3c(c2)CCC(=O)N3)n1. The van der Waals surface area contributed by atoms with E-state index in [9.17, 15) is 19.5 Å². The van der Waals surface area contributed by atoms with Gasteiger partial charge in [-0.1, -0.05) is 24.3 Å². The number of anilines is 2. The normalized spacial score (nSPS) is 13.7. The Morgan fingerprint density at radius 1 is 1.19 bits per heavy atom. The molecule has 0 fully saturated rings. The van der Waals surface area contributed by atoms with Gasteiger partial charge in [0.1, 0.15) is 5.69 Å². The first-order valence-electron chi connectivity index (χ1n) is 10.3. The summed E-state index contributed by atoms with van der Waals surface area (Å²) < 4.78 is 1.47. The van der Waals surface area contributed by atoms with Crippen molar-refractivity contribution in [2.45, 2.75) is 31.8 Å². The number of aliphatic hydroxyl groups is 1. The number of aliphatic hydroxyl groups excluding tert-OH is 1. The lowest BCUT2D eigenvalue weighted by atomic mass is 9.96. The van der Waals surface area contributed by atoms with E-state index in [0.29, 0.717) is 29.8 Å². The van der Waals surface area contributed by atoms with Crippen LogP contribution in [0.15, 0.2) is 54.7 Å². The lowest BCUT2D eigenvalue weighted by Crippen LogP contribution is -2.19. The lowest BCUT2D eigenvalue weighted by Gasteiger charge is -2.19. The highest BCUT2D eigenvalue weighted by molar-refractivity contribution is 5.94. The van der Waals surface area contributed by atoms with E-state index in [1.165, 1.54) is 10.7 Å². The molecule has 32 heavy (non-hydrogen) atoms. The summed E-state index contributed by atoms with van der Waals surface area (Å²) in [7, 11) is 0. The number of para-hydroxylation sites is 2. The van der Waals surface area contributed by atoms with Crippen molar-refractivity contribution in [1.82, 2.24) is 9.78 Å². The highest BCUT2D eigenvalue weighted by Gasteiger charge is 2.18. The van der Waals surface area contributed by atoms with Crippen molar-refractivity contribution in [3.05, 3.63) is 71.5 Å². The van der Waals surface area contributed by atoms with Gasteiger partial charge in [0.2, 0.25) is 11.8 Å². The minimum absolute atomic E-state index is 0.0105. The van der Waals surface area contributed by atoms with Gasteiger partial charge in [0.05, 0.1) is 17.5 Å². The van der Waals surface area contributed by atoms with Gasteiger partial charge in [-0.3, -0.25) is 14.4 Å². The number of carbonyl (C=O) groups is 3. The van der Waals surface area contributed by atoms with Crippen molar-refractivity contribution in [2.24, 2.45) is 5.73 Å². The molecule has 164 valence electrons. The molecule has 0 bridgehead atoms. The van der Waals surface area contributed by atoms with Crippen LogP contribution < -0.4 is 16.4 Å². The number of nitrogens with one attached hydrogen (secondary N) is 2. The molecule has 2 aromatic carbocycles. The number of nitrogens with zero attached hydrogens (tertiary/aromatic N) is 2. The number of primary amides is 1. The van der Waals surface area contributed by atoms with Gasteiger partial charge in [-0.2, -0.15) is 5.10 Å². The van der Waals surface area contributed by atoms with Gasteiger partial charge >= 0.3 is 0 Å². The molecule has 9 heteroatoms. The Balaban J connectivity index is 1.39. The number of hydrogen-bond acceptors (Lipinski definition) is 5. The first-order chi connectivity index (χ1) is 15.4. The first-order valence-corrected chi connectivity index (χ1v) is 10.3. The number of carbonyl (C=O) groups excluding carboxylic acids is 3. The van der Waals surface area contributed by atoms with Crippen LogP contribution in [0.25, 0.3) is 5.69 Å². The first kappa shape index (κ1) is 21.3. The van der Waals surface area contributed by atoms with Crippen molar-refractivity contribution in [3.63, 3.8) is 0 Å². The van der Waals surface area contributed by atoms with E-state index >= 15 is 0 Å². The molecule has 0 saturated carbocycles. The second kappa shape index (κ2) is 9.03. The van der Waals surface area contributed by atoms with Crippen LogP contribution in [0.3, 0.4) is 0 Å². The minimum atomic E-state index is -0.803. The Hall–Kier alpha value is -3.98. The molecule has 1 aliphatic rings. The molecule has 4 rings (SSSR count). The zero-order valence-electron chi connectivity index (χ0n) is 17.2. The van der Waals surface area contributed by atoms with E-state index < -0.39 is 12.0 Å². The van der Waals surface area contributed by atoms with Crippen LogP contribution >= 0.6 is 0 Å². The Kier molecular flexibility index (Phi) is 6.00. The van der Waals surface area contributed by atoms with Crippen molar-refractivity contribution >= 4 is 29.1 Å². The molecule has 3 amide bonds. The van der Waals surface area contributed by atoms with E-state index in [1.807, 2.05) is 6.07 Å². The fourth-order valence-electron chi connectivity index (χ4n) is 3.63. The predicted molar refractivity (Wildman–Crippen MR) is 118 cm³/mol. The molecule has 0 spiro atoms. The molecule has 2 heterocycles. The highest BCUT2D eigenvalue weighted by atomic mass is 16.3. The molecular formula is C23H23N5O4. The third kappa shape index (κ3) is 4.68. The Labute approximate surface area is 184 Å². The smallest absolute Gasteiger partial charge is 0.269 e. The van der Waals surface area contributed by atoms with Crippen molar-refractivity contribution in [1.29, 1.82) is 0 Å². The van der Waals surface area contributed by atoms with E-state index in [4.69, 9.17) is 5.73 Å². The Morgan fingerprint density at radius 3 is 2.78 bits per heavy atom. The quantitative estimate of drug-likeness (QED) is 0.453. The summed E-state index contributed by atoms with van der Waals surface area (Å²) >= 11 is 0. The van der Waals surface area contributed by atoms with E-state index in [2.05, 4.69) is 15.7 Å². The molecule has 5 N–H and O–H groups in total. The number of rotatable bonds is 7. The number of hydrogen-bond donors (Lipinski definition) is 4. The lowest BCUT2D eigenvalue weighted by molar-refractivity contribution is -0.117. The van der Waals surface area contributed by atoms with Crippen LogP contribution in [0.1, 0.15) is 47.0 Å². The fraction of sp³-hybridized carbons (Fsp3) is 0.217. The van der Waals surface area contributed by atoms with Crippen molar-refractivity contribution in [2.75, 3.05) is 10.6 Å². The van der Waals surface area contributed by atoms with Gasteiger partial charge in [-0.25, -0.2) is 4.68 Å². The number of nitrogens with two attached hydrogens (primary N) is 1. The summed E-state index contributed by atoms with van der Waals surface area (Å²) in [6, 6.07) is 14.0. The maximum absolute atomic E-state index is 12.5. The van der Waals surface area contributed by atoms with Crippen LogP contribution in [-0.4, -0.2) is 32.6 Å². The summed E-state index contributed by atoms with van der Waals surface area (Å²) in [6.45, 7) is 0. The van der Waals surface area contributed by atoms with Gasteiger partial charge < -0.3 is 21.5 Å². The van der Waals surface area contributed by atoms with Gasteiger partial charge in [0.25, 0.3) is 5.91 Å². The molecule has 1 aliphatic heterocycles. The number of aryl methyl sites for hydroxylation is 1. The largest absolute Gasteiger partial charge is 0.388 e. The second-order valence-electron chi connectivity index (χ2n) is 7.59. The van der Waals surface area contributed by atoms with Gasteiger partial charge in [-0.15, -0.1) is 0 Å². The van der Waals surface area contributed by atoms with Crippen molar-refractivity contribution in [3.8, 4) is 5.69 Å². The number of aromatic nitrogens is 2. The number of amides is 3. The summed E-state index contributed by atoms with van der Waals surface area (Å²) in [5, 5.41) is 20.3.